The van der Waals surface area contributed by atoms with E-state index in [9.17, 15) is 19.8 Å². The summed E-state index contributed by atoms with van der Waals surface area (Å²) < 4.78 is 1.49. The summed E-state index contributed by atoms with van der Waals surface area (Å²) in [6.07, 6.45) is 3.12. The number of aromatic nitrogens is 1. The zero-order valence-corrected chi connectivity index (χ0v) is 18.3. The molecule has 0 bridgehead atoms. The van der Waals surface area contributed by atoms with Crippen molar-refractivity contribution in [2.75, 3.05) is 0 Å². The molecule has 0 saturated heterocycles. The minimum atomic E-state index is -0.946. The highest BCUT2D eigenvalue weighted by Crippen LogP contribution is 2.37. The Morgan fingerprint density at radius 3 is 2.43 bits per heavy atom. The monoisotopic (exact) mass is 447 g/mol. The summed E-state index contributed by atoms with van der Waals surface area (Å²) in [7, 11) is 0. The number of carbonyl (C=O) groups is 2. The first-order chi connectivity index (χ1) is 14.3. The number of nitrogens with zero attached hydrogens (tertiary/aromatic N) is 1. The molecular weight excluding hydrogens is 425 g/mol. The standard InChI is InChI=1S/C23H23Cl2NO4/c1-3-4-5-6-16(23(29)30)21-13(2)26(20-10-8-15(27)12-17(20)21)22(28)14-7-9-18(24)19(25)11-14/h7-12,16,27H,3-6H2,1-2H3,(H,29,30)/t16-/m0/s1. The summed E-state index contributed by atoms with van der Waals surface area (Å²) in [4.78, 5) is 25.5. The highest BCUT2D eigenvalue weighted by atomic mass is 35.5. The van der Waals surface area contributed by atoms with Gasteiger partial charge in [0.05, 0.1) is 21.5 Å². The van der Waals surface area contributed by atoms with E-state index in [2.05, 4.69) is 6.92 Å². The Kier molecular flexibility index (Phi) is 6.74. The molecule has 7 heteroatoms. The van der Waals surface area contributed by atoms with Gasteiger partial charge < -0.3 is 10.2 Å². The Bertz CT molecular complexity index is 1120. The molecule has 0 spiro atoms. The van der Waals surface area contributed by atoms with Crippen molar-refractivity contribution in [3.63, 3.8) is 0 Å². The quantitative estimate of drug-likeness (QED) is 0.410. The first-order valence-electron chi connectivity index (χ1n) is 9.82. The average Bonchev–Trinajstić information content (AvgIpc) is 2.97. The summed E-state index contributed by atoms with van der Waals surface area (Å²) >= 11 is 12.1. The number of carbonyl (C=O) groups excluding carboxylic acids is 1. The number of hydrogen-bond acceptors (Lipinski definition) is 3. The summed E-state index contributed by atoms with van der Waals surface area (Å²) in [5.74, 6) is -2.05. The van der Waals surface area contributed by atoms with Crippen molar-refractivity contribution >= 4 is 46.0 Å². The molecule has 1 aromatic heterocycles. The second-order valence-corrected chi connectivity index (χ2v) is 8.17. The van der Waals surface area contributed by atoms with E-state index in [-0.39, 0.29) is 16.7 Å². The van der Waals surface area contributed by atoms with Gasteiger partial charge in [-0.25, -0.2) is 0 Å². The fraction of sp³-hybridized carbons (Fsp3) is 0.304. The number of hydrogen-bond donors (Lipinski definition) is 2. The SMILES string of the molecule is CCCCC[C@H](C(=O)O)c1c(C)n(C(=O)c2ccc(Cl)c(Cl)c2)c2ccc(O)cc12. The number of carboxylic acid groups (broad SMARTS) is 1. The lowest BCUT2D eigenvalue weighted by Gasteiger charge is -2.14. The van der Waals surface area contributed by atoms with Gasteiger partial charge in [-0.2, -0.15) is 0 Å². The molecule has 0 aliphatic heterocycles. The van der Waals surface area contributed by atoms with Crippen molar-refractivity contribution in [2.24, 2.45) is 0 Å². The van der Waals surface area contributed by atoms with E-state index in [1.165, 1.54) is 22.8 Å². The lowest BCUT2D eigenvalue weighted by molar-refractivity contribution is -0.139. The lowest BCUT2D eigenvalue weighted by Crippen LogP contribution is -2.16. The van der Waals surface area contributed by atoms with Gasteiger partial charge in [0, 0.05) is 16.6 Å². The number of rotatable bonds is 7. The third-order valence-corrected chi connectivity index (χ3v) is 6.09. The van der Waals surface area contributed by atoms with Crippen LogP contribution in [0.2, 0.25) is 10.0 Å². The lowest BCUT2D eigenvalue weighted by atomic mass is 9.91. The number of phenolic OH excluding ortho intramolecular Hbond substituents is 1. The van der Waals surface area contributed by atoms with Gasteiger partial charge in [0.1, 0.15) is 5.75 Å². The van der Waals surface area contributed by atoms with Crippen molar-refractivity contribution in [2.45, 2.75) is 45.4 Å². The van der Waals surface area contributed by atoms with Crippen LogP contribution in [0.5, 0.6) is 5.75 Å². The van der Waals surface area contributed by atoms with Crippen LogP contribution >= 0.6 is 23.2 Å². The van der Waals surface area contributed by atoms with Crippen LogP contribution in [-0.4, -0.2) is 26.7 Å². The van der Waals surface area contributed by atoms with E-state index in [1.807, 2.05) is 0 Å². The smallest absolute Gasteiger partial charge is 0.311 e. The predicted octanol–water partition coefficient (Wildman–Crippen LogP) is 6.40. The molecule has 2 N–H and O–H groups in total. The molecule has 0 amide bonds. The molecule has 0 radical (unpaired) electrons. The molecule has 0 fully saturated rings. The molecule has 30 heavy (non-hydrogen) atoms. The molecule has 0 unspecified atom stereocenters. The zero-order chi connectivity index (χ0) is 22.0. The van der Waals surface area contributed by atoms with E-state index in [0.29, 0.717) is 39.2 Å². The van der Waals surface area contributed by atoms with E-state index in [1.54, 1.807) is 25.1 Å². The fourth-order valence-corrected chi connectivity index (χ4v) is 4.18. The van der Waals surface area contributed by atoms with Crippen molar-refractivity contribution in [3.8, 4) is 5.75 Å². The molecule has 3 rings (SSSR count). The van der Waals surface area contributed by atoms with E-state index in [0.717, 1.165) is 19.3 Å². The highest BCUT2D eigenvalue weighted by Gasteiger charge is 2.29. The first kappa shape index (κ1) is 22.2. The van der Waals surface area contributed by atoms with E-state index < -0.39 is 11.9 Å². The highest BCUT2D eigenvalue weighted by molar-refractivity contribution is 6.42. The number of phenols is 1. The summed E-state index contributed by atoms with van der Waals surface area (Å²) in [5, 5.41) is 21.1. The predicted molar refractivity (Wildman–Crippen MR) is 119 cm³/mol. The number of carboxylic acids is 1. The zero-order valence-electron chi connectivity index (χ0n) is 16.8. The molecule has 5 nitrogen and oxygen atoms in total. The maximum atomic E-state index is 13.3. The fourth-order valence-electron chi connectivity index (χ4n) is 3.88. The Balaban J connectivity index is 2.21. The number of benzene rings is 2. The van der Waals surface area contributed by atoms with E-state index in [4.69, 9.17) is 23.2 Å². The minimum Gasteiger partial charge on any atom is -0.508 e. The van der Waals surface area contributed by atoms with Crippen molar-refractivity contribution in [1.82, 2.24) is 4.57 Å². The largest absolute Gasteiger partial charge is 0.508 e. The van der Waals surface area contributed by atoms with Crippen LogP contribution in [0.3, 0.4) is 0 Å². The maximum Gasteiger partial charge on any atom is 0.311 e. The third kappa shape index (κ3) is 4.18. The summed E-state index contributed by atoms with van der Waals surface area (Å²) in [5.41, 5.74) is 1.97. The molecule has 0 aliphatic carbocycles. The Morgan fingerprint density at radius 1 is 1.07 bits per heavy atom. The van der Waals surface area contributed by atoms with Crippen LogP contribution in [0.15, 0.2) is 36.4 Å². The van der Waals surface area contributed by atoms with Gasteiger partial charge in [0.2, 0.25) is 0 Å². The van der Waals surface area contributed by atoms with Crippen LogP contribution in [-0.2, 0) is 4.79 Å². The maximum absolute atomic E-state index is 13.3. The molecule has 0 saturated carbocycles. The van der Waals surface area contributed by atoms with Gasteiger partial charge in [0.25, 0.3) is 5.91 Å². The molecule has 158 valence electrons. The number of unbranched alkanes of at least 4 members (excludes halogenated alkanes) is 2. The van der Waals surface area contributed by atoms with Crippen LogP contribution in [0.4, 0.5) is 0 Å². The number of aliphatic carboxylic acids is 1. The summed E-state index contributed by atoms with van der Waals surface area (Å²) in [6, 6.07) is 9.26. The minimum absolute atomic E-state index is 0.0144. The first-order valence-corrected chi connectivity index (χ1v) is 10.6. The molecule has 3 aromatic rings. The Hall–Kier alpha value is -2.50. The normalized spacial score (nSPS) is 12.3. The molecule has 0 aliphatic rings. The second-order valence-electron chi connectivity index (χ2n) is 7.36. The van der Waals surface area contributed by atoms with Crippen LogP contribution in [0.25, 0.3) is 10.9 Å². The number of aromatic hydroxyl groups is 1. The van der Waals surface area contributed by atoms with Gasteiger partial charge in [-0.15, -0.1) is 0 Å². The molecule has 1 atom stereocenters. The van der Waals surface area contributed by atoms with Gasteiger partial charge in [-0.05, 0) is 55.3 Å². The van der Waals surface area contributed by atoms with Crippen LogP contribution < -0.4 is 0 Å². The average molecular weight is 448 g/mol. The van der Waals surface area contributed by atoms with Crippen molar-refractivity contribution in [1.29, 1.82) is 0 Å². The number of halogens is 2. The number of fused-ring (bicyclic) bond motifs is 1. The van der Waals surface area contributed by atoms with Crippen molar-refractivity contribution in [3.05, 3.63) is 63.3 Å². The Morgan fingerprint density at radius 2 is 1.80 bits per heavy atom. The van der Waals surface area contributed by atoms with Gasteiger partial charge >= 0.3 is 5.97 Å². The van der Waals surface area contributed by atoms with Gasteiger partial charge in [-0.3, -0.25) is 14.2 Å². The Labute approximate surface area is 184 Å². The van der Waals surface area contributed by atoms with E-state index >= 15 is 0 Å². The topological polar surface area (TPSA) is 79.5 Å². The van der Waals surface area contributed by atoms with Gasteiger partial charge in [-0.1, -0.05) is 49.4 Å². The molecule has 1 heterocycles. The van der Waals surface area contributed by atoms with Crippen LogP contribution in [0, 0.1) is 6.92 Å². The molecular formula is C23H23Cl2NO4. The van der Waals surface area contributed by atoms with Crippen molar-refractivity contribution < 1.29 is 19.8 Å². The second kappa shape index (κ2) is 9.11. The van der Waals surface area contributed by atoms with Crippen LogP contribution in [0.1, 0.15) is 60.1 Å². The third-order valence-electron chi connectivity index (χ3n) is 5.35. The summed E-state index contributed by atoms with van der Waals surface area (Å²) in [6.45, 7) is 3.79. The van der Waals surface area contributed by atoms with Gasteiger partial charge in [0.15, 0.2) is 0 Å². The molecule has 2 aromatic carbocycles.